The molecule has 4 rings (SSSR count). The number of carbonyl (C=O) groups excluding carboxylic acids is 1. The number of unbranched alkanes of at least 4 members (excludes halogenated alkanes) is 1. The molecule has 3 N–H and O–H groups in total. The molecule has 2 atom stereocenters. The molecule has 1 aliphatic rings. The highest BCUT2D eigenvalue weighted by Gasteiger charge is 2.60. The molecule has 10 nitrogen and oxygen atoms in total. The Labute approximate surface area is 244 Å². The number of ether oxygens (including phenoxy) is 2. The van der Waals surface area contributed by atoms with Gasteiger partial charge in [0.1, 0.15) is 17.0 Å². The summed E-state index contributed by atoms with van der Waals surface area (Å²) in [6, 6.07) is 12.7. The van der Waals surface area contributed by atoms with Crippen molar-refractivity contribution in [3.8, 4) is 11.5 Å². The van der Waals surface area contributed by atoms with Gasteiger partial charge in [-0.1, -0.05) is 30.3 Å². The molecular formula is C30H40F2N6O4. The molecule has 228 valence electrons. The van der Waals surface area contributed by atoms with E-state index in [0.29, 0.717) is 43.2 Å². The quantitative estimate of drug-likeness (QED) is 0.214. The van der Waals surface area contributed by atoms with Crippen molar-refractivity contribution in [1.29, 1.82) is 0 Å². The first-order valence-electron chi connectivity index (χ1n) is 14.5. The summed E-state index contributed by atoms with van der Waals surface area (Å²) >= 11 is 0. The second-order valence-corrected chi connectivity index (χ2v) is 10.8. The van der Waals surface area contributed by atoms with Crippen molar-refractivity contribution < 1.29 is 28.2 Å². The second kappa shape index (κ2) is 13.5. The van der Waals surface area contributed by atoms with Crippen LogP contribution in [0.1, 0.15) is 88.0 Å². The highest BCUT2D eigenvalue weighted by molar-refractivity contribution is 5.76. The first-order chi connectivity index (χ1) is 20.1. The lowest BCUT2D eigenvalue weighted by Crippen LogP contribution is -2.62. The molecule has 1 unspecified atom stereocenters. The Kier molecular flexibility index (Phi) is 9.97. The largest absolute Gasteiger partial charge is 0.493 e. The number of amides is 2. The Morgan fingerprint density at radius 3 is 2.26 bits per heavy atom. The van der Waals surface area contributed by atoms with E-state index in [1.807, 2.05) is 39.0 Å². The fourth-order valence-corrected chi connectivity index (χ4v) is 5.52. The van der Waals surface area contributed by atoms with E-state index in [0.717, 1.165) is 18.4 Å². The van der Waals surface area contributed by atoms with Gasteiger partial charge >= 0.3 is 6.03 Å². The number of alkyl halides is 2. The molecule has 0 saturated heterocycles. The number of aliphatic hydroxyl groups excluding tert-OH is 1. The molecule has 1 aromatic heterocycles. The van der Waals surface area contributed by atoms with Gasteiger partial charge in [0.05, 0.1) is 30.9 Å². The molecule has 1 aliphatic carbocycles. The lowest BCUT2D eigenvalue weighted by atomic mass is 9.72. The summed E-state index contributed by atoms with van der Waals surface area (Å²) in [6.45, 7) is 8.32. The number of tetrazole rings is 1. The Bertz CT molecular complexity index is 1270. The molecule has 12 heteroatoms. The lowest BCUT2D eigenvalue weighted by molar-refractivity contribution is -0.137. The van der Waals surface area contributed by atoms with Crippen molar-refractivity contribution in [3.05, 3.63) is 65.0 Å². The van der Waals surface area contributed by atoms with Crippen LogP contribution in [0, 0.1) is 0 Å². The van der Waals surface area contributed by atoms with E-state index in [2.05, 4.69) is 38.1 Å². The fourth-order valence-electron chi connectivity index (χ4n) is 5.52. The summed E-state index contributed by atoms with van der Waals surface area (Å²) in [5, 5.41) is 26.8. The molecular weight excluding hydrogens is 546 g/mol. The number of hydrogen-bond acceptors (Lipinski definition) is 7. The van der Waals surface area contributed by atoms with Crippen LogP contribution in [0.15, 0.2) is 42.5 Å². The van der Waals surface area contributed by atoms with Crippen molar-refractivity contribution >= 4 is 6.03 Å². The maximum absolute atomic E-state index is 14.2. The summed E-state index contributed by atoms with van der Waals surface area (Å²) in [5.41, 5.74) is 1.04. The number of hydrogen-bond donors (Lipinski definition) is 3. The van der Waals surface area contributed by atoms with Crippen molar-refractivity contribution in [2.24, 2.45) is 0 Å². The standard InChI is InChI=1S/C30H40F2N6O4/c1-5-41-24-16-23(17-25(42-6-2)26(24)21(4)39)20(3)38(15-11-10-14-22-12-8-7-9-13-22)28(40)33-29(18-30(31,32)19-29)27-34-36-37-35-27/h7-9,12-13,16-17,20-21,39H,5-6,10-11,14-15,18-19H2,1-4H3,(H,33,40)(H,34,35,36,37)/t20-,21?/m1/s1. The van der Waals surface area contributed by atoms with Gasteiger partial charge < -0.3 is 24.8 Å². The third kappa shape index (κ3) is 7.15. The fraction of sp³-hybridized carbons (Fsp3) is 0.533. The van der Waals surface area contributed by atoms with Gasteiger partial charge in [-0.2, -0.15) is 0 Å². The Morgan fingerprint density at radius 1 is 1.10 bits per heavy atom. The molecule has 0 aliphatic heterocycles. The van der Waals surface area contributed by atoms with Gasteiger partial charge in [0.15, 0.2) is 5.82 Å². The number of aromatic nitrogens is 4. The predicted molar refractivity (Wildman–Crippen MR) is 152 cm³/mol. The van der Waals surface area contributed by atoms with Crippen LogP contribution in [0.3, 0.4) is 0 Å². The highest BCUT2D eigenvalue weighted by Crippen LogP contribution is 2.50. The number of rotatable bonds is 14. The molecule has 42 heavy (non-hydrogen) atoms. The number of aryl methyl sites for hydroxylation is 1. The number of aliphatic hydroxyl groups is 1. The minimum atomic E-state index is -2.94. The van der Waals surface area contributed by atoms with Gasteiger partial charge in [-0.15, -0.1) is 5.10 Å². The zero-order chi connectivity index (χ0) is 30.3. The SMILES string of the molecule is CCOc1cc([C@@H](C)N(CCCCc2ccccc2)C(=O)NC2(c3nnn[nH]3)CC(F)(F)C2)cc(OCC)c1C(C)O. The van der Waals surface area contributed by atoms with Crippen molar-refractivity contribution in [2.75, 3.05) is 19.8 Å². The number of H-pyrrole nitrogens is 1. The van der Waals surface area contributed by atoms with Crippen LogP contribution in [0.5, 0.6) is 11.5 Å². The summed E-state index contributed by atoms with van der Waals surface area (Å²) in [6.07, 6.45) is 0.296. The van der Waals surface area contributed by atoms with Gasteiger partial charge in [-0.3, -0.25) is 0 Å². The van der Waals surface area contributed by atoms with E-state index in [1.54, 1.807) is 24.0 Å². The minimum absolute atomic E-state index is 0.0945. The van der Waals surface area contributed by atoms with Gasteiger partial charge in [0.25, 0.3) is 5.92 Å². The van der Waals surface area contributed by atoms with E-state index in [-0.39, 0.29) is 5.82 Å². The summed E-state index contributed by atoms with van der Waals surface area (Å²) in [4.78, 5) is 15.6. The molecule has 2 amide bonds. The monoisotopic (exact) mass is 586 g/mol. The van der Waals surface area contributed by atoms with E-state index < -0.39 is 42.5 Å². The van der Waals surface area contributed by atoms with Crippen molar-refractivity contribution in [1.82, 2.24) is 30.8 Å². The Morgan fingerprint density at radius 2 is 1.74 bits per heavy atom. The molecule has 1 fully saturated rings. The zero-order valence-corrected chi connectivity index (χ0v) is 24.6. The van der Waals surface area contributed by atoms with Crippen LogP contribution in [-0.2, 0) is 12.0 Å². The number of nitrogens with zero attached hydrogens (tertiary/aromatic N) is 4. The molecule has 0 spiro atoms. The smallest absolute Gasteiger partial charge is 0.318 e. The highest BCUT2D eigenvalue weighted by atomic mass is 19.3. The van der Waals surface area contributed by atoms with Gasteiger partial charge in [-0.25, -0.2) is 18.7 Å². The number of urea groups is 1. The summed E-state index contributed by atoms with van der Waals surface area (Å²) in [7, 11) is 0. The number of carbonyl (C=O) groups is 1. The third-order valence-corrected chi connectivity index (χ3v) is 7.58. The second-order valence-electron chi connectivity index (χ2n) is 10.8. The number of nitrogens with one attached hydrogen (secondary N) is 2. The topological polar surface area (TPSA) is 125 Å². The predicted octanol–water partition coefficient (Wildman–Crippen LogP) is 5.47. The summed E-state index contributed by atoms with van der Waals surface area (Å²) < 4.78 is 40.1. The van der Waals surface area contributed by atoms with E-state index in [9.17, 15) is 18.7 Å². The molecule has 2 aromatic carbocycles. The van der Waals surface area contributed by atoms with Crippen LogP contribution in [-0.4, -0.2) is 62.3 Å². The maximum Gasteiger partial charge on any atom is 0.318 e. The van der Waals surface area contributed by atoms with Gasteiger partial charge in [-0.05, 0) is 80.6 Å². The van der Waals surface area contributed by atoms with Crippen LogP contribution in [0.2, 0.25) is 0 Å². The summed E-state index contributed by atoms with van der Waals surface area (Å²) in [5.74, 6) is -1.92. The molecule has 0 radical (unpaired) electrons. The average molecular weight is 587 g/mol. The zero-order valence-electron chi connectivity index (χ0n) is 24.6. The van der Waals surface area contributed by atoms with E-state index >= 15 is 0 Å². The minimum Gasteiger partial charge on any atom is -0.493 e. The van der Waals surface area contributed by atoms with Gasteiger partial charge in [0.2, 0.25) is 0 Å². The maximum atomic E-state index is 14.2. The molecule has 0 bridgehead atoms. The first kappa shape index (κ1) is 31.1. The number of aromatic amines is 1. The number of benzene rings is 2. The molecule has 1 heterocycles. The van der Waals surface area contributed by atoms with Crippen LogP contribution in [0.25, 0.3) is 0 Å². The number of halogens is 2. The van der Waals surface area contributed by atoms with E-state index in [1.165, 1.54) is 5.56 Å². The molecule has 3 aromatic rings. The Hall–Kier alpha value is -3.80. The van der Waals surface area contributed by atoms with Crippen molar-refractivity contribution in [3.63, 3.8) is 0 Å². The average Bonchev–Trinajstić information content (AvgIpc) is 3.48. The van der Waals surface area contributed by atoms with E-state index in [4.69, 9.17) is 9.47 Å². The Balaban J connectivity index is 1.63. The molecule has 1 saturated carbocycles. The van der Waals surface area contributed by atoms with Crippen molar-refractivity contribution in [2.45, 2.75) is 83.4 Å². The van der Waals surface area contributed by atoms with Crippen LogP contribution >= 0.6 is 0 Å². The van der Waals surface area contributed by atoms with Crippen LogP contribution < -0.4 is 14.8 Å². The first-order valence-corrected chi connectivity index (χ1v) is 14.5. The van der Waals surface area contributed by atoms with Crippen LogP contribution in [0.4, 0.5) is 13.6 Å². The normalized spacial score (nSPS) is 16.6. The lowest BCUT2D eigenvalue weighted by Gasteiger charge is -2.46. The van der Waals surface area contributed by atoms with Gasteiger partial charge in [0, 0.05) is 19.4 Å². The third-order valence-electron chi connectivity index (χ3n) is 7.58.